The van der Waals surface area contributed by atoms with E-state index in [0.29, 0.717) is 12.1 Å². The first-order chi connectivity index (χ1) is 9.81. The second-order valence-electron chi connectivity index (χ2n) is 6.62. The van der Waals surface area contributed by atoms with Crippen LogP contribution >= 0.6 is 0 Å². The van der Waals surface area contributed by atoms with Gasteiger partial charge in [-0.15, -0.1) is 0 Å². The lowest BCUT2D eigenvalue weighted by molar-refractivity contribution is 0.161. The van der Waals surface area contributed by atoms with Crippen LogP contribution in [0.15, 0.2) is 18.2 Å². The van der Waals surface area contributed by atoms with E-state index < -0.39 is 0 Å². The molecule has 2 saturated heterocycles. The van der Waals surface area contributed by atoms with Gasteiger partial charge in [0.05, 0.1) is 0 Å². The number of rotatable bonds is 2. The largest absolute Gasteiger partial charge is 0.307 e. The van der Waals surface area contributed by atoms with Gasteiger partial charge in [0.15, 0.2) is 0 Å². The van der Waals surface area contributed by atoms with Gasteiger partial charge in [0.25, 0.3) is 0 Å². The average molecular weight is 274 g/mol. The van der Waals surface area contributed by atoms with Gasteiger partial charge >= 0.3 is 0 Å². The zero-order chi connectivity index (χ0) is 13.5. The van der Waals surface area contributed by atoms with Crippen LogP contribution in [0.3, 0.4) is 0 Å². The molecule has 2 nitrogen and oxygen atoms in total. The van der Waals surface area contributed by atoms with Crippen LogP contribution in [0.25, 0.3) is 0 Å². The number of hydrogen-bond acceptors (Lipinski definition) is 2. The van der Waals surface area contributed by atoms with Crippen LogP contribution in [0.2, 0.25) is 0 Å². The lowest BCUT2D eigenvalue weighted by Gasteiger charge is -2.36. The average Bonchev–Trinajstić information content (AvgIpc) is 3.06. The molecule has 1 aliphatic carbocycles. The van der Waals surface area contributed by atoms with Crippen LogP contribution in [0.4, 0.5) is 4.39 Å². The molecular formula is C17H23FN2. The van der Waals surface area contributed by atoms with Crippen molar-refractivity contribution >= 4 is 0 Å². The summed E-state index contributed by atoms with van der Waals surface area (Å²) in [4.78, 5) is 2.65. The Labute approximate surface area is 120 Å². The number of nitrogens with one attached hydrogen (secondary N) is 1. The van der Waals surface area contributed by atoms with E-state index >= 15 is 0 Å². The Bertz CT molecular complexity index is 502. The summed E-state index contributed by atoms with van der Waals surface area (Å²) in [5.41, 5.74) is 2.15. The highest BCUT2D eigenvalue weighted by molar-refractivity contribution is 5.35. The highest BCUT2D eigenvalue weighted by atomic mass is 19.1. The topological polar surface area (TPSA) is 15.3 Å². The molecule has 0 radical (unpaired) electrons. The molecule has 1 aromatic rings. The lowest BCUT2D eigenvalue weighted by atomic mass is 9.96. The number of hydrogen-bond donors (Lipinski definition) is 1. The van der Waals surface area contributed by atoms with Crippen molar-refractivity contribution < 1.29 is 4.39 Å². The summed E-state index contributed by atoms with van der Waals surface area (Å²) in [5, 5.41) is 3.82. The summed E-state index contributed by atoms with van der Waals surface area (Å²) in [6.45, 7) is 2.54. The van der Waals surface area contributed by atoms with Gasteiger partial charge in [-0.1, -0.05) is 12.1 Å². The molecule has 0 bridgehead atoms. The van der Waals surface area contributed by atoms with Crippen LogP contribution in [-0.4, -0.2) is 30.1 Å². The number of piperidine rings is 1. The molecule has 1 aromatic carbocycles. The fourth-order valence-corrected chi connectivity index (χ4v) is 4.44. The molecule has 1 N–H and O–H groups in total. The summed E-state index contributed by atoms with van der Waals surface area (Å²) in [6, 6.07) is 7.35. The molecule has 2 aliphatic heterocycles. The normalized spacial score (nSPS) is 33.1. The minimum Gasteiger partial charge on any atom is -0.307 e. The van der Waals surface area contributed by atoms with E-state index in [1.807, 2.05) is 6.07 Å². The number of nitrogens with zero attached hydrogens (tertiary/aromatic N) is 1. The number of benzene rings is 1. The third-order valence-corrected chi connectivity index (χ3v) is 5.47. The molecular weight excluding hydrogens is 251 g/mol. The second-order valence-corrected chi connectivity index (χ2v) is 6.62. The fourth-order valence-electron chi connectivity index (χ4n) is 4.44. The first-order valence-corrected chi connectivity index (χ1v) is 8.08. The molecule has 0 saturated carbocycles. The van der Waals surface area contributed by atoms with Crippen molar-refractivity contribution in [1.82, 2.24) is 10.2 Å². The summed E-state index contributed by atoms with van der Waals surface area (Å²) in [5.74, 6) is -0.0163. The Hall–Kier alpha value is -0.930. The summed E-state index contributed by atoms with van der Waals surface area (Å²) in [6.07, 6.45) is 7.21. The van der Waals surface area contributed by atoms with Gasteiger partial charge in [0.2, 0.25) is 0 Å². The van der Waals surface area contributed by atoms with Crippen LogP contribution in [-0.2, 0) is 6.42 Å². The summed E-state index contributed by atoms with van der Waals surface area (Å²) >= 11 is 0. The molecule has 0 aromatic heterocycles. The quantitative estimate of drug-likeness (QED) is 0.892. The number of fused-ring (bicyclic) bond motifs is 2. The molecule has 3 unspecified atom stereocenters. The van der Waals surface area contributed by atoms with Gasteiger partial charge in [-0.05, 0) is 68.8 Å². The molecule has 3 atom stereocenters. The highest BCUT2D eigenvalue weighted by Crippen LogP contribution is 2.35. The van der Waals surface area contributed by atoms with Gasteiger partial charge in [-0.25, -0.2) is 4.39 Å². The van der Waals surface area contributed by atoms with E-state index in [2.05, 4.69) is 16.3 Å². The first-order valence-electron chi connectivity index (χ1n) is 8.08. The van der Waals surface area contributed by atoms with Crippen molar-refractivity contribution in [3.05, 3.63) is 35.1 Å². The van der Waals surface area contributed by atoms with E-state index in [1.54, 1.807) is 6.07 Å². The predicted octanol–water partition coefficient (Wildman–Crippen LogP) is 3.03. The number of halogens is 1. The van der Waals surface area contributed by atoms with Crippen molar-refractivity contribution in [1.29, 1.82) is 0 Å². The molecule has 2 fully saturated rings. The Morgan fingerprint density at radius 3 is 3.05 bits per heavy atom. The Kier molecular flexibility index (Phi) is 3.27. The summed E-state index contributed by atoms with van der Waals surface area (Å²) in [7, 11) is 0. The standard InChI is InChI=1S/C17H23FN2/c18-16-5-1-4-15-14(16)6-7-17(15)19-12-8-10-20-9-2-3-13(20)11-12/h1,4-5,12-13,17,19H,2-3,6-11H2. The molecule has 4 rings (SSSR count). The van der Waals surface area contributed by atoms with E-state index in [4.69, 9.17) is 0 Å². The van der Waals surface area contributed by atoms with Gasteiger partial charge in [0, 0.05) is 18.1 Å². The Balaban J connectivity index is 1.45. The fraction of sp³-hybridized carbons (Fsp3) is 0.647. The molecule has 0 spiro atoms. The van der Waals surface area contributed by atoms with Crippen molar-refractivity contribution in [2.24, 2.45) is 0 Å². The maximum absolute atomic E-state index is 13.8. The van der Waals surface area contributed by atoms with Crippen molar-refractivity contribution in [3.63, 3.8) is 0 Å². The zero-order valence-corrected chi connectivity index (χ0v) is 11.9. The molecule has 3 heteroatoms. The summed E-state index contributed by atoms with van der Waals surface area (Å²) < 4.78 is 13.8. The molecule has 0 amide bonds. The minimum atomic E-state index is -0.0163. The van der Waals surface area contributed by atoms with E-state index in [1.165, 1.54) is 44.3 Å². The highest BCUT2D eigenvalue weighted by Gasteiger charge is 2.34. The Morgan fingerprint density at radius 1 is 1.15 bits per heavy atom. The predicted molar refractivity (Wildman–Crippen MR) is 78.2 cm³/mol. The van der Waals surface area contributed by atoms with Crippen LogP contribution in [0, 0.1) is 5.82 Å². The van der Waals surface area contributed by atoms with Gasteiger partial charge in [-0.2, -0.15) is 0 Å². The third-order valence-electron chi connectivity index (χ3n) is 5.47. The van der Waals surface area contributed by atoms with E-state index in [0.717, 1.165) is 24.4 Å². The van der Waals surface area contributed by atoms with Crippen molar-refractivity contribution in [2.75, 3.05) is 13.1 Å². The molecule has 20 heavy (non-hydrogen) atoms. The maximum atomic E-state index is 13.8. The van der Waals surface area contributed by atoms with Gasteiger partial charge in [0.1, 0.15) is 5.82 Å². The smallest absolute Gasteiger partial charge is 0.126 e. The van der Waals surface area contributed by atoms with Gasteiger partial charge < -0.3 is 10.2 Å². The second kappa shape index (κ2) is 5.12. The molecule has 108 valence electrons. The first kappa shape index (κ1) is 12.8. The minimum absolute atomic E-state index is 0.0163. The third kappa shape index (κ3) is 2.17. The molecule has 3 aliphatic rings. The van der Waals surface area contributed by atoms with Crippen LogP contribution in [0.1, 0.15) is 49.3 Å². The van der Waals surface area contributed by atoms with Crippen LogP contribution < -0.4 is 5.32 Å². The van der Waals surface area contributed by atoms with Crippen LogP contribution in [0.5, 0.6) is 0 Å². The van der Waals surface area contributed by atoms with Crippen molar-refractivity contribution in [3.8, 4) is 0 Å². The maximum Gasteiger partial charge on any atom is 0.126 e. The van der Waals surface area contributed by atoms with E-state index in [-0.39, 0.29) is 5.82 Å². The Morgan fingerprint density at radius 2 is 2.10 bits per heavy atom. The lowest BCUT2D eigenvalue weighted by Crippen LogP contribution is -2.46. The van der Waals surface area contributed by atoms with Crippen molar-refractivity contribution in [2.45, 2.75) is 56.7 Å². The zero-order valence-electron chi connectivity index (χ0n) is 11.9. The monoisotopic (exact) mass is 274 g/mol. The van der Waals surface area contributed by atoms with Gasteiger partial charge in [-0.3, -0.25) is 0 Å². The molecule has 2 heterocycles. The SMILES string of the molecule is Fc1cccc2c1CCC2NC1CCN2CCCC2C1. The van der Waals surface area contributed by atoms with E-state index in [9.17, 15) is 4.39 Å².